The Morgan fingerprint density at radius 3 is 2.70 bits per heavy atom. The molecule has 0 fully saturated rings. The summed E-state index contributed by atoms with van der Waals surface area (Å²) in [4.78, 5) is 11.8. The lowest BCUT2D eigenvalue weighted by Crippen LogP contribution is -2.26. The van der Waals surface area contributed by atoms with E-state index in [1.165, 1.54) is 25.1 Å². The summed E-state index contributed by atoms with van der Waals surface area (Å²) in [5, 5.41) is 8.60. The number of halogens is 1. The molecular formula is C21H24ClN3O4S. The summed E-state index contributed by atoms with van der Waals surface area (Å²) >= 11 is 7.71. The lowest BCUT2D eigenvalue weighted by Gasteiger charge is -2.17. The first-order chi connectivity index (χ1) is 14.4. The van der Waals surface area contributed by atoms with E-state index in [9.17, 15) is 4.79 Å². The number of thioether (sulfide) groups is 1. The molecule has 1 atom stereocenters. The van der Waals surface area contributed by atoms with Crippen LogP contribution in [-0.2, 0) is 15.3 Å². The molecule has 2 aromatic rings. The quantitative estimate of drug-likeness (QED) is 0.266. The highest BCUT2D eigenvalue weighted by Gasteiger charge is 2.20. The number of methoxy groups -OCH3 is 1. The Morgan fingerprint density at radius 1 is 1.30 bits per heavy atom. The van der Waals surface area contributed by atoms with Crippen LogP contribution in [0.1, 0.15) is 25.0 Å². The van der Waals surface area contributed by atoms with Crippen LogP contribution in [0.25, 0.3) is 0 Å². The topological polar surface area (TPSA) is 95.5 Å². The fraction of sp³-hybridized carbons (Fsp3) is 0.286. The number of nitrogens with zero attached hydrogens (tertiary/aromatic N) is 2. The lowest BCUT2D eigenvalue weighted by molar-refractivity contribution is -0.150. The van der Waals surface area contributed by atoms with E-state index in [4.69, 9.17) is 31.5 Å². The van der Waals surface area contributed by atoms with Gasteiger partial charge in [-0.15, -0.1) is 5.10 Å². The zero-order valence-corrected chi connectivity index (χ0v) is 18.6. The van der Waals surface area contributed by atoms with Crippen molar-refractivity contribution in [3.05, 3.63) is 58.6 Å². The first-order valence-corrected chi connectivity index (χ1v) is 10.5. The van der Waals surface area contributed by atoms with Gasteiger partial charge in [-0.05, 0) is 31.5 Å². The maximum Gasteiger partial charge on any atom is 0.347 e. The molecule has 0 radical (unpaired) electrons. The Bertz CT molecular complexity index is 907. The van der Waals surface area contributed by atoms with Crippen molar-refractivity contribution in [2.24, 2.45) is 15.9 Å². The second-order valence-electron chi connectivity index (χ2n) is 6.00. The van der Waals surface area contributed by atoms with Crippen LogP contribution in [0, 0.1) is 0 Å². The monoisotopic (exact) mass is 449 g/mol. The van der Waals surface area contributed by atoms with Crippen LogP contribution < -0.4 is 15.2 Å². The summed E-state index contributed by atoms with van der Waals surface area (Å²) in [7, 11) is 1.48. The Hall–Kier alpha value is -2.71. The number of carbonyl (C=O) groups is 1. The molecule has 0 aliphatic heterocycles. The zero-order chi connectivity index (χ0) is 21.9. The average Bonchev–Trinajstić information content (AvgIpc) is 2.74. The van der Waals surface area contributed by atoms with Gasteiger partial charge in [0.05, 0.1) is 25.0 Å². The number of amidine groups is 1. The zero-order valence-electron chi connectivity index (χ0n) is 17.0. The van der Waals surface area contributed by atoms with Gasteiger partial charge in [0.2, 0.25) is 0 Å². The van der Waals surface area contributed by atoms with Gasteiger partial charge in [0.25, 0.3) is 0 Å². The van der Waals surface area contributed by atoms with Gasteiger partial charge in [0, 0.05) is 11.3 Å². The van der Waals surface area contributed by atoms with Gasteiger partial charge in [-0.3, -0.25) is 0 Å². The Labute approximate surface area is 185 Å². The van der Waals surface area contributed by atoms with Gasteiger partial charge in [-0.1, -0.05) is 53.7 Å². The number of hydrogen-bond donors (Lipinski definition) is 1. The van der Waals surface area contributed by atoms with Crippen LogP contribution >= 0.6 is 23.4 Å². The maximum atomic E-state index is 11.8. The molecule has 0 heterocycles. The number of nitrogens with two attached hydrogens (primary N) is 1. The highest BCUT2D eigenvalue weighted by molar-refractivity contribution is 8.13. The van der Waals surface area contributed by atoms with Gasteiger partial charge < -0.3 is 19.9 Å². The van der Waals surface area contributed by atoms with E-state index in [1.807, 2.05) is 30.3 Å². The van der Waals surface area contributed by atoms with Crippen molar-refractivity contribution in [3.8, 4) is 11.5 Å². The van der Waals surface area contributed by atoms with Gasteiger partial charge in [-0.25, -0.2) is 4.79 Å². The third kappa shape index (κ3) is 7.27. The molecule has 2 aromatic carbocycles. The number of ether oxygens (including phenoxy) is 3. The Morgan fingerprint density at radius 2 is 2.03 bits per heavy atom. The van der Waals surface area contributed by atoms with Crippen LogP contribution in [0.2, 0.25) is 5.02 Å². The summed E-state index contributed by atoms with van der Waals surface area (Å²) < 4.78 is 15.9. The van der Waals surface area contributed by atoms with Crippen LogP contribution in [0.15, 0.2) is 52.7 Å². The molecule has 0 saturated carbocycles. The lowest BCUT2D eigenvalue weighted by atomic mass is 10.2. The first kappa shape index (κ1) is 23.6. The third-order valence-electron chi connectivity index (χ3n) is 3.76. The van der Waals surface area contributed by atoms with E-state index < -0.39 is 12.1 Å². The minimum absolute atomic E-state index is 0.248. The molecule has 7 nitrogen and oxygen atoms in total. The summed E-state index contributed by atoms with van der Waals surface area (Å²) in [6, 6.07) is 13.2. The van der Waals surface area contributed by atoms with Crippen LogP contribution in [0.4, 0.5) is 0 Å². The Balaban J connectivity index is 2.05. The van der Waals surface area contributed by atoms with E-state index >= 15 is 0 Å². The second-order valence-corrected chi connectivity index (χ2v) is 7.41. The van der Waals surface area contributed by atoms with Crippen LogP contribution in [-0.4, -0.2) is 37.2 Å². The number of carbonyl (C=O) groups excluding carboxylic acids is 1. The predicted molar refractivity (Wildman–Crippen MR) is 122 cm³/mol. The molecule has 0 bridgehead atoms. The van der Waals surface area contributed by atoms with Crippen molar-refractivity contribution in [3.63, 3.8) is 0 Å². The van der Waals surface area contributed by atoms with Crippen molar-refractivity contribution in [1.82, 2.24) is 0 Å². The van der Waals surface area contributed by atoms with Crippen molar-refractivity contribution in [2.45, 2.75) is 25.7 Å². The van der Waals surface area contributed by atoms with Gasteiger partial charge in [0.15, 0.2) is 22.8 Å². The second kappa shape index (κ2) is 12.1. The summed E-state index contributed by atoms with van der Waals surface area (Å²) in [6.45, 7) is 3.57. The molecule has 0 aromatic heterocycles. The van der Waals surface area contributed by atoms with Crippen LogP contribution in [0.5, 0.6) is 11.5 Å². The molecule has 0 aliphatic carbocycles. The van der Waals surface area contributed by atoms with E-state index in [1.54, 1.807) is 26.0 Å². The number of esters is 1. The third-order valence-corrected chi connectivity index (χ3v) is 4.89. The highest BCUT2D eigenvalue weighted by atomic mass is 35.5. The predicted octanol–water partition coefficient (Wildman–Crippen LogP) is 4.26. The minimum Gasteiger partial charge on any atom is -0.493 e. The van der Waals surface area contributed by atoms with Crippen molar-refractivity contribution >= 4 is 40.7 Å². The number of benzene rings is 2. The molecule has 2 rings (SSSR count). The van der Waals surface area contributed by atoms with E-state index in [2.05, 4.69) is 10.2 Å². The van der Waals surface area contributed by atoms with E-state index in [0.29, 0.717) is 22.2 Å². The molecule has 0 saturated heterocycles. The largest absolute Gasteiger partial charge is 0.493 e. The van der Waals surface area contributed by atoms with Crippen LogP contribution in [0.3, 0.4) is 0 Å². The number of rotatable bonds is 9. The maximum absolute atomic E-state index is 11.8. The fourth-order valence-corrected chi connectivity index (χ4v) is 3.20. The molecule has 2 N–H and O–H groups in total. The molecule has 0 aliphatic rings. The van der Waals surface area contributed by atoms with Gasteiger partial charge >= 0.3 is 5.97 Å². The Kier molecular flexibility index (Phi) is 9.50. The highest BCUT2D eigenvalue weighted by Crippen LogP contribution is 2.36. The molecule has 9 heteroatoms. The fourth-order valence-electron chi connectivity index (χ4n) is 2.33. The van der Waals surface area contributed by atoms with Gasteiger partial charge in [-0.2, -0.15) is 5.10 Å². The SMILES string of the molecule is CCOC(=O)C(C)Oc1c(Cl)cc(C=NN=C(N)SCc2ccccc2)cc1OC. The average molecular weight is 450 g/mol. The first-order valence-electron chi connectivity index (χ1n) is 9.18. The van der Waals surface area contributed by atoms with Gasteiger partial charge in [0.1, 0.15) is 0 Å². The van der Waals surface area contributed by atoms with Crippen molar-refractivity contribution in [2.75, 3.05) is 13.7 Å². The summed E-state index contributed by atoms with van der Waals surface area (Å²) in [5.74, 6) is 0.823. The van der Waals surface area contributed by atoms with Crippen molar-refractivity contribution < 1.29 is 19.0 Å². The smallest absolute Gasteiger partial charge is 0.347 e. The normalized spacial score (nSPS) is 12.6. The standard InChI is InChI=1S/C21H24ClN3O4S/c1-4-28-20(26)14(2)29-19-17(22)10-16(11-18(19)27-3)12-24-25-21(23)30-13-15-8-6-5-7-9-15/h5-12,14H,4,13H2,1-3H3,(H2,23,25). The van der Waals surface area contributed by atoms with E-state index in [-0.39, 0.29) is 17.4 Å². The molecule has 160 valence electrons. The minimum atomic E-state index is -0.832. The van der Waals surface area contributed by atoms with Crippen molar-refractivity contribution in [1.29, 1.82) is 0 Å². The summed E-state index contributed by atoms with van der Waals surface area (Å²) in [5.41, 5.74) is 7.67. The number of hydrogen-bond acceptors (Lipinski definition) is 7. The molecule has 0 amide bonds. The molecule has 1 unspecified atom stereocenters. The molecule has 30 heavy (non-hydrogen) atoms. The molecule has 0 spiro atoms. The van der Waals surface area contributed by atoms with E-state index in [0.717, 1.165) is 5.56 Å². The summed E-state index contributed by atoms with van der Waals surface area (Å²) in [6.07, 6.45) is 0.671. The molecular weight excluding hydrogens is 426 g/mol.